The first kappa shape index (κ1) is 12.3. The molecule has 2 unspecified atom stereocenters. The van der Waals surface area contributed by atoms with Gasteiger partial charge < -0.3 is 10.0 Å². The summed E-state index contributed by atoms with van der Waals surface area (Å²) in [5, 5.41) is 9.01. The van der Waals surface area contributed by atoms with E-state index in [2.05, 4.69) is 0 Å². The molecule has 1 amide bonds. The summed E-state index contributed by atoms with van der Waals surface area (Å²) in [6.45, 7) is 3.04. The maximum absolute atomic E-state index is 13.1. The van der Waals surface area contributed by atoms with Crippen molar-refractivity contribution in [3.8, 4) is 0 Å². The average molecular weight is 247 g/mol. The zero-order valence-electron chi connectivity index (χ0n) is 9.80. The molecule has 1 saturated carbocycles. The molecule has 0 aromatic carbocycles. The predicted molar refractivity (Wildman–Crippen MR) is 54.6 cm³/mol. The Hall–Kier alpha value is -1.20. The highest BCUT2D eigenvalue weighted by molar-refractivity contribution is 5.88. The van der Waals surface area contributed by atoms with Gasteiger partial charge in [-0.25, -0.2) is 8.78 Å². The van der Waals surface area contributed by atoms with E-state index in [1.165, 1.54) is 18.7 Å². The van der Waals surface area contributed by atoms with Crippen molar-refractivity contribution < 1.29 is 23.5 Å². The van der Waals surface area contributed by atoms with Crippen molar-refractivity contribution in [1.82, 2.24) is 4.90 Å². The third-order valence-electron chi connectivity index (χ3n) is 4.01. The molecule has 1 saturated heterocycles. The van der Waals surface area contributed by atoms with Crippen LogP contribution in [-0.2, 0) is 9.59 Å². The number of carbonyl (C=O) groups is 2. The molecule has 4 nitrogen and oxygen atoms in total. The van der Waals surface area contributed by atoms with Crippen molar-refractivity contribution in [2.45, 2.75) is 32.6 Å². The van der Waals surface area contributed by atoms with Gasteiger partial charge in [0.05, 0.1) is 5.41 Å². The lowest BCUT2D eigenvalue weighted by molar-refractivity contribution is -0.148. The summed E-state index contributed by atoms with van der Waals surface area (Å²) in [6.07, 6.45) is -0.116. The van der Waals surface area contributed by atoms with E-state index in [-0.39, 0.29) is 13.1 Å². The smallest absolute Gasteiger partial charge is 0.311 e. The lowest BCUT2D eigenvalue weighted by atomic mass is 9.90. The van der Waals surface area contributed by atoms with E-state index in [1.54, 1.807) is 0 Å². The molecular formula is C11H15F2NO3. The number of hydrogen-bond acceptors (Lipinski definition) is 2. The molecule has 0 aromatic rings. The number of alkyl halides is 2. The number of hydrogen-bond donors (Lipinski definition) is 1. The zero-order valence-corrected chi connectivity index (χ0v) is 9.80. The topological polar surface area (TPSA) is 57.6 Å². The summed E-state index contributed by atoms with van der Waals surface area (Å²) in [6, 6.07) is 0. The Bertz CT molecular complexity index is 398. The molecule has 2 fully saturated rings. The van der Waals surface area contributed by atoms with Gasteiger partial charge in [-0.3, -0.25) is 9.59 Å². The third kappa shape index (κ3) is 1.61. The lowest BCUT2D eigenvalue weighted by Gasteiger charge is -2.23. The van der Waals surface area contributed by atoms with Crippen LogP contribution in [0.5, 0.6) is 0 Å². The van der Waals surface area contributed by atoms with Crippen molar-refractivity contribution in [3.63, 3.8) is 0 Å². The number of carboxylic acid groups (broad SMARTS) is 1. The Balaban J connectivity index is 2.08. The molecular weight excluding hydrogens is 232 g/mol. The molecule has 2 aliphatic rings. The fraction of sp³-hybridized carbons (Fsp3) is 0.818. The molecule has 0 radical (unpaired) electrons. The summed E-state index contributed by atoms with van der Waals surface area (Å²) < 4.78 is 26.1. The maximum Gasteiger partial charge on any atom is 0.311 e. The van der Waals surface area contributed by atoms with Crippen LogP contribution in [0.2, 0.25) is 0 Å². The molecule has 0 bridgehead atoms. The number of aliphatic carboxylic acids is 1. The van der Waals surface area contributed by atoms with Gasteiger partial charge in [0.25, 0.3) is 5.92 Å². The van der Waals surface area contributed by atoms with Crippen molar-refractivity contribution in [2.24, 2.45) is 10.8 Å². The molecule has 2 atom stereocenters. The zero-order chi connectivity index (χ0) is 13.1. The highest BCUT2D eigenvalue weighted by Crippen LogP contribution is 2.61. The highest BCUT2D eigenvalue weighted by Gasteiger charge is 2.73. The second-order valence-corrected chi connectivity index (χ2v) is 5.56. The number of carboxylic acids is 1. The summed E-state index contributed by atoms with van der Waals surface area (Å²) in [4.78, 5) is 24.2. The van der Waals surface area contributed by atoms with Crippen molar-refractivity contribution in [3.05, 3.63) is 0 Å². The molecule has 1 heterocycles. The van der Waals surface area contributed by atoms with Crippen LogP contribution in [0.15, 0.2) is 0 Å². The van der Waals surface area contributed by atoms with Crippen LogP contribution < -0.4 is 0 Å². The van der Waals surface area contributed by atoms with E-state index >= 15 is 0 Å². The van der Waals surface area contributed by atoms with Gasteiger partial charge in [0.2, 0.25) is 5.91 Å². The highest BCUT2D eigenvalue weighted by atomic mass is 19.3. The maximum atomic E-state index is 13.1. The summed E-state index contributed by atoms with van der Waals surface area (Å²) >= 11 is 0. The van der Waals surface area contributed by atoms with Gasteiger partial charge in [0.15, 0.2) is 0 Å². The van der Waals surface area contributed by atoms with Gasteiger partial charge in [-0.05, 0) is 20.3 Å². The second kappa shape index (κ2) is 3.17. The largest absolute Gasteiger partial charge is 0.481 e. The van der Waals surface area contributed by atoms with Crippen molar-refractivity contribution >= 4 is 11.9 Å². The third-order valence-corrected chi connectivity index (χ3v) is 4.01. The minimum atomic E-state index is -2.94. The molecule has 6 heteroatoms. The Morgan fingerprint density at radius 3 is 2.18 bits per heavy atom. The number of halogens is 2. The van der Waals surface area contributed by atoms with Gasteiger partial charge in [-0.15, -0.1) is 0 Å². The first-order valence-corrected chi connectivity index (χ1v) is 5.53. The Morgan fingerprint density at radius 1 is 1.29 bits per heavy atom. The molecule has 0 aromatic heterocycles. The summed E-state index contributed by atoms with van der Waals surface area (Å²) in [5.41, 5.74) is -2.62. The summed E-state index contributed by atoms with van der Waals surface area (Å²) in [5.74, 6) is -4.54. The Kier molecular flexibility index (Phi) is 2.29. The van der Waals surface area contributed by atoms with Gasteiger partial charge in [-0.2, -0.15) is 0 Å². The molecule has 2 rings (SSSR count). The number of carbonyl (C=O) groups excluding carboxylic acids is 1. The van der Waals surface area contributed by atoms with Crippen LogP contribution >= 0.6 is 0 Å². The van der Waals surface area contributed by atoms with Crippen molar-refractivity contribution in [2.75, 3.05) is 13.1 Å². The summed E-state index contributed by atoms with van der Waals surface area (Å²) in [7, 11) is 0. The van der Waals surface area contributed by atoms with E-state index in [0.29, 0.717) is 6.42 Å². The fourth-order valence-electron chi connectivity index (χ4n) is 2.29. The van der Waals surface area contributed by atoms with Crippen LogP contribution in [0.1, 0.15) is 26.7 Å². The normalized spacial score (nSPS) is 39.2. The fourth-order valence-corrected chi connectivity index (χ4v) is 2.29. The number of nitrogens with zero attached hydrogens (tertiary/aromatic N) is 1. The van der Waals surface area contributed by atoms with Gasteiger partial charge in [0, 0.05) is 19.5 Å². The standard InChI is InChI=1S/C11H15F2NO3/c1-9(8(16)17)3-4-14(6-9)7(15)10(2)5-11(10,12)13/h3-6H2,1-2H3,(H,16,17). The van der Waals surface area contributed by atoms with E-state index in [4.69, 9.17) is 5.11 Å². The number of amides is 1. The monoisotopic (exact) mass is 247 g/mol. The van der Waals surface area contributed by atoms with Crippen LogP contribution in [0.3, 0.4) is 0 Å². The predicted octanol–water partition coefficient (Wildman–Crippen LogP) is 1.35. The van der Waals surface area contributed by atoms with Crippen LogP contribution in [0, 0.1) is 10.8 Å². The lowest BCUT2D eigenvalue weighted by Crippen LogP contribution is -2.39. The molecule has 1 aliphatic carbocycles. The van der Waals surface area contributed by atoms with Gasteiger partial charge in [-0.1, -0.05) is 0 Å². The number of likely N-dealkylation sites (tertiary alicyclic amines) is 1. The Labute approximate surface area is 97.6 Å². The van der Waals surface area contributed by atoms with Gasteiger partial charge in [0.1, 0.15) is 5.41 Å². The molecule has 17 heavy (non-hydrogen) atoms. The van der Waals surface area contributed by atoms with Crippen molar-refractivity contribution in [1.29, 1.82) is 0 Å². The minimum Gasteiger partial charge on any atom is -0.481 e. The first-order valence-electron chi connectivity index (χ1n) is 5.53. The molecule has 0 spiro atoms. The van der Waals surface area contributed by atoms with Crippen LogP contribution in [0.25, 0.3) is 0 Å². The Morgan fingerprint density at radius 2 is 1.82 bits per heavy atom. The van der Waals surface area contributed by atoms with Crippen LogP contribution in [-0.4, -0.2) is 40.9 Å². The minimum absolute atomic E-state index is 0.0207. The molecule has 1 aliphatic heterocycles. The second-order valence-electron chi connectivity index (χ2n) is 5.56. The van der Waals surface area contributed by atoms with Crippen LogP contribution in [0.4, 0.5) is 8.78 Å². The van der Waals surface area contributed by atoms with E-state index in [9.17, 15) is 18.4 Å². The van der Waals surface area contributed by atoms with E-state index in [1.807, 2.05) is 0 Å². The average Bonchev–Trinajstić information content (AvgIpc) is 2.60. The SMILES string of the molecule is CC1(C(=O)O)CCN(C(=O)C2(C)CC2(F)F)C1. The molecule has 96 valence electrons. The van der Waals surface area contributed by atoms with Gasteiger partial charge >= 0.3 is 5.97 Å². The quantitative estimate of drug-likeness (QED) is 0.801. The van der Waals surface area contributed by atoms with E-state index < -0.39 is 35.0 Å². The first-order chi connectivity index (χ1) is 7.62. The number of rotatable bonds is 2. The molecule has 1 N–H and O–H groups in total. The van der Waals surface area contributed by atoms with E-state index in [0.717, 1.165) is 0 Å².